The summed E-state index contributed by atoms with van der Waals surface area (Å²) in [5.74, 6) is 0.207. The fraction of sp³-hybridized carbons (Fsp3) is 0.462. The maximum atomic E-state index is 11.9. The SMILES string of the molecule is CCN1C(=O)CCNc2c(C)cc(C)cc21. The molecule has 3 nitrogen and oxygen atoms in total. The van der Waals surface area contributed by atoms with Crippen molar-refractivity contribution in [2.45, 2.75) is 27.2 Å². The second-order valence-electron chi connectivity index (χ2n) is 4.29. The van der Waals surface area contributed by atoms with E-state index >= 15 is 0 Å². The van der Waals surface area contributed by atoms with Crippen molar-refractivity contribution in [3.8, 4) is 0 Å². The second-order valence-corrected chi connectivity index (χ2v) is 4.29. The van der Waals surface area contributed by atoms with Crippen LogP contribution in [-0.4, -0.2) is 19.0 Å². The molecule has 1 aliphatic rings. The normalized spacial score (nSPS) is 15.4. The molecule has 86 valence electrons. The first-order chi connectivity index (χ1) is 7.63. The molecule has 2 rings (SSSR count). The Morgan fingerprint density at radius 3 is 2.81 bits per heavy atom. The molecule has 1 aromatic rings. The average molecular weight is 218 g/mol. The van der Waals surface area contributed by atoms with E-state index in [1.807, 2.05) is 11.8 Å². The van der Waals surface area contributed by atoms with Crippen LogP contribution in [0.3, 0.4) is 0 Å². The van der Waals surface area contributed by atoms with E-state index in [1.165, 1.54) is 11.1 Å². The summed E-state index contributed by atoms with van der Waals surface area (Å²) in [6.45, 7) is 7.63. The number of benzene rings is 1. The summed E-state index contributed by atoms with van der Waals surface area (Å²) in [6.07, 6.45) is 0.570. The van der Waals surface area contributed by atoms with Crippen LogP contribution in [0.2, 0.25) is 0 Å². The zero-order valence-corrected chi connectivity index (χ0v) is 10.1. The predicted molar refractivity (Wildman–Crippen MR) is 67.0 cm³/mol. The number of hydrogen-bond acceptors (Lipinski definition) is 2. The van der Waals surface area contributed by atoms with E-state index in [0.717, 1.165) is 24.5 Å². The van der Waals surface area contributed by atoms with Crippen LogP contribution in [0.1, 0.15) is 24.5 Å². The van der Waals surface area contributed by atoms with Gasteiger partial charge in [-0.3, -0.25) is 4.79 Å². The van der Waals surface area contributed by atoms with Crippen molar-refractivity contribution < 1.29 is 4.79 Å². The molecule has 1 N–H and O–H groups in total. The first-order valence-corrected chi connectivity index (χ1v) is 5.79. The second kappa shape index (κ2) is 4.16. The highest BCUT2D eigenvalue weighted by Crippen LogP contribution is 2.33. The molecule has 16 heavy (non-hydrogen) atoms. The first-order valence-electron chi connectivity index (χ1n) is 5.79. The predicted octanol–water partition coefficient (Wildman–Crippen LogP) is 2.47. The number of anilines is 2. The molecule has 0 saturated heterocycles. The summed E-state index contributed by atoms with van der Waals surface area (Å²) in [6, 6.07) is 4.23. The molecule has 0 aliphatic carbocycles. The third-order valence-electron chi connectivity index (χ3n) is 3.01. The molecule has 3 heteroatoms. The molecule has 0 spiro atoms. The molecule has 0 bridgehead atoms. The van der Waals surface area contributed by atoms with Gasteiger partial charge < -0.3 is 10.2 Å². The number of nitrogens with zero attached hydrogens (tertiary/aromatic N) is 1. The molecular weight excluding hydrogens is 200 g/mol. The van der Waals surface area contributed by atoms with Gasteiger partial charge >= 0.3 is 0 Å². The van der Waals surface area contributed by atoms with Crippen LogP contribution in [0, 0.1) is 13.8 Å². The van der Waals surface area contributed by atoms with Gasteiger partial charge in [-0.25, -0.2) is 0 Å². The maximum absolute atomic E-state index is 11.9. The number of rotatable bonds is 1. The molecular formula is C13H18N2O. The first kappa shape index (κ1) is 11.0. The molecule has 0 atom stereocenters. The van der Waals surface area contributed by atoms with E-state index in [4.69, 9.17) is 0 Å². The number of hydrogen-bond donors (Lipinski definition) is 1. The van der Waals surface area contributed by atoms with E-state index in [-0.39, 0.29) is 5.91 Å². The lowest BCUT2D eigenvalue weighted by Gasteiger charge is -2.22. The number of aryl methyl sites for hydroxylation is 2. The summed E-state index contributed by atoms with van der Waals surface area (Å²) in [5, 5.41) is 3.35. The maximum Gasteiger partial charge on any atom is 0.228 e. The Hall–Kier alpha value is -1.51. The van der Waals surface area contributed by atoms with Gasteiger partial charge in [0.2, 0.25) is 5.91 Å². The van der Waals surface area contributed by atoms with Gasteiger partial charge in [0.05, 0.1) is 11.4 Å². The van der Waals surface area contributed by atoms with Crippen molar-refractivity contribution >= 4 is 17.3 Å². The van der Waals surface area contributed by atoms with Gasteiger partial charge in [-0.15, -0.1) is 0 Å². The Morgan fingerprint density at radius 1 is 1.38 bits per heavy atom. The number of nitrogens with one attached hydrogen (secondary N) is 1. The van der Waals surface area contributed by atoms with Gasteiger partial charge in [0, 0.05) is 19.5 Å². The van der Waals surface area contributed by atoms with Crippen molar-refractivity contribution in [2.75, 3.05) is 23.3 Å². The van der Waals surface area contributed by atoms with Crippen LogP contribution in [0.15, 0.2) is 12.1 Å². The van der Waals surface area contributed by atoms with Crippen molar-refractivity contribution in [1.29, 1.82) is 0 Å². The summed E-state index contributed by atoms with van der Waals surface area (Å²) in [4.78, 5) is 13.8. The van der Waals surface area contributed by atoms with Crippen LogP contribution in [0.5, 0.6) is 0 Å². The molecule has 1 aliphatic heterocycles. The Labute approximate surface area is 96.5 Å². The third-order valence-corrected chi connectivity index (χ3v) is 3.01. The number of fused-ring (bicyclic) bond motifs is 1. The molecule has 0 unspecified atom stereocenters. The minimum Gasteiger partial charge on any atom is -0.383 e. The van der Waals surface area contributed by atoms with Crippen LogP contribution in [0.25, 0.3) is 0 Å². The summed E-state index contributed by atoms with van der Waals surface area (Å²) in [5.41, 5.74) is 4.55. The topological polar surface area (TPSA) is 32.3 Å². The summed E-state index contributed by atoms with van der Waals surface area (Å²) >= 11 is 0. The van der Waals surface area contributed by atoms with Gasteiger partial charge in [0.25, 0.3) is 0 Å². The summed E-state index contributed by atoms with van der Waals surface area (Å²) < 4.78 is 0. The van der Waals surface area contributed by atoms with Gasteiger partial charge in [-0.05, 0) is 38.0 Å². The highest BCUT2D eigenvalue weighted by atomic mass is 16.2. The van der Waals surface area contributed by atoms with Crippen LogP contribution in [0.4, 0.5) is 11.4 Å². The van der Waals surface area contributed by atoms with E-state index < -0.39 is 0 Å². The van der Waals surface area contributed by atoms with Gasteiger partial charge in [-0.1, -0.05) is 6.07 Å². The molecule has 0 aromatic heterocycles. The number of amides is 1. The van der Waals surface area contributed by atoms with Crippen molar-refractivity contribution in [2.24, 2.45) is 0 Å². The zero-order chi connectivity index (χ0) is 11.7. The Bertz CT molecular complexity index is 426. The fourth-order valence-electron chi connectivity index (χ4n) is 2.30. The smallest absolute Gasteiger partial charge is 0.228 e. The van der Waals surface area contributed by atoms with Crippen LogP contribution >= 0.6 is 0 Å². The Kier molecular flexibility index (Phi) is 2.86. The Balaban J connectivity index is 2.57. The largest absolute Gasteiger partial charge is 0.383 e. The average Bonchev–Trinajstić information content (AvgIpc) is 2.37. The van der Waals surface area contributed by atoms with Crippen molar-refractivity contribution in [1.82, 2.24) is 0 Å². The highest BCUT2D eigenvalue weighted by molar-refractivity contribution is 5.99. The minimum atomic E-state index is 0.207. The van der Waals surface area contributed by atoms with Crippen molar-refractivity contribution in [3.63, 3.8) is 0 Å². The lowest BCUT2D eigenvalue weighted by atomic mass is 10.1. The molecule has 0 saturated carbocycles. The van der Waals surface area contributed by atoms with Gasteiger partial charge in [0.1, 0.15) is 0 Å². The lowest BCUT2D eigenvalue weighted by Crippen LogP contribution is -2.29. The third kappa shape index (κ3) is 1.77. The van der Waals surface area contributed by atoms with Gasteiger partial charge in [0.15, 0.2) is 0 Å². The molecule has 0 fully saturated rings. The van der Waals surface area contributed by atoms with E-state index in [0.29, 0.717) is 6.42 Å². The van der Waals surface area contributed by atoms with Crippen molar-refractivity contribution in [3.05, 3.63) is 23.3 Å². The lowest BCUT2D eigenvalue weighted by molar-refractivity contribution is -0.118. The highest BCUT2D eigenvalue weighted by Gasteiger charge is 2.21. The van der Waals surface area contributed by atoms with Gasteiger partial charge in [-0.2, -0.15) is 0 Å². The van der Waals surface area contributed by atoms with E-state index in [1.54, 1.807) is 0 Å². The van der Waals surface area contributed by atoms with E-state index in [2.05, 4.69) is 31.3 Å². The Morgan fingerprint density at radius 2 is 2.12 bits per heavy atom. The fourth-order valence-corrected chi connectivity index (χ4v) is 2.30. The van der Waals surface area contributed by atoms with Crippen LogP contribution < -0.4 is 10.2 Å². The quantitative estimate of drug-likeness (QED) is 0.785. The van der Waals surface area contributed by atoms with Crippen LogP contribution in [-0.2, 0) is 4.79 Å². The number of carbonyl (C=O) groups excluding carboxylic acids is 1. The summed E-state index contributed by atoms with van der Waals surface area (Å²) in [7, 11) is 0. The molecule has 1 aromatic carbocycles. The standard InChI is InChI=1S/C13H18N2O/c1-4-15-11-8-9(2)7-10(3)13(11)14-6-5-12(15)16/h7-8,14H,4-6H2,1-3H3. The molecule has 1 heterocycles. The molecule has 1 amide bonds. The zero-order valence-electron chi connectivity index (χ0n) is 10.1. The molecule has 0 radical (unpaired) electrons. The monoisotopic (exact) mass is 218 g/mol. The minimum absolute atomic E-state index is 0.207. The van der Waals surface area contributed by atoms with E-state index in [9.17, 15) is 4.79 Å². The number of carbonyl (C=O) groups is 1.